The van der Waals surface area contributed by atoms with Gasteiger partial charge in [0.25, 0.3) is 5.56 Å². The van der Waals surface area contributed by atoms with Crippen LogP contribution in [0.5, 0.6) is 5.75 Å². The van der Waals surface area contributed by atoms with E-state index in [9.17, 15) is 9.59 Å². The molecule has 0 aliphatic heterocycles. The molecule has 0 radical (unpaired) electrons. The minimum atomic E-state index is -0.357. The van der Waals surface area contributed by atoms with Gasteiger partial charge < -0.3 is 4.74 Å². The highest BCUT2D eigenvalue weighted by Gasteiger charge is 2.16. The van der Waals surface area contributed by atoms with E-state index in [1.54, 1.807) is 0 Å². The van der Waals surface area contributed by atoms with Gasteiger partial charge in [0.1, 0.15) is 0 Å². The largest absolute Gasteiger partial charge is 0.490 e. The van der Waals surface area contributed by atoms with Gasteiger partial charge in [-0.3, -0.25) is 14.2 Å². The smallest absolute Gasteiger partial charge is 0.296 e. The number of carbonyl (C=O) groups excluding carboxylic acids is 1. The molecule has 0 saturated heterocycles. The van der Waals surface area contributed by atoms with Crippen LogP contribution in [0.25, 0.3) is 10.1 Å². The van der Waals surface area contributed by atoms with Gasteiger partial charge >= 0.3 is 0 Å². The third-order valence-corrected chi connectivity index (χ3v) is 4.81. The first-order valence-corrected chi connectivity index (χ1v) is 7.53. The van der Waals surface area contributed by atoms with Gasteiger partial charge in [-0.2, -0.15) is 0 Å². The molecule has 6 heteroatoms. The lowest BCUT2D eigenvalue weighted by Gasteiger charge is -2.05. The monoisotopic (exact) mass is 314 g/mol. The van der Waals surface area contributed by atoms with E-state index in [0.717, 1.165) is 15.6 Å². The first-order valence-electron chi connectivity index (χ1n) is 6.71. The van der Waals surface area contributed by atoms with Crippen molar-refractivity contribution < 1.29 is 9.53 Å². The van der Waals surface area contributed by atoms with E-state index in [-0.39, 0.29) is 23.6 Å². The van der Waals surface area contributed by atoms with E-state index in [4.69, 9.17) is 4.74 Å². The number of fused-ring (bicyclic) bond motifs is 1. The molecule has 1 aromatic carbocycles. The number of nitrogens with zero attached hydrogens (tertiary/aromatic N) is 2. The number of aromatic nitrogens is 2. The summed E-state index contributed by atoms with van der Waals surface area (Å²) in [5.74, 6) is 0.0271. The summed E-state index contributed by atoms with van der Waals surface area (Å²) in [5.41, 5.74) is 0.596. The van der Waals surface area contributed by atoms with Crippen LogP contribution in [-0.4, -0.2) is 22.4 Å². The number of benzene rings is 1. The Morgan fingerprint density at radius 2 is 2.14 bits per heavy atom. The van der Waals surface area contributed by atoms with Crippen molar-refractivity contribution in [1.82, 2.24) is 9.55 Å². The molecular weight excluding hydrogens is 300 g/mol. The van der Waals surface area contributed by atoms with Crippen LogP contribution in [0, 0.1) is 6.92 Å². The van der Waals surface area contributed by atoms with Gasteiger partial charge in [-0.25, -0.2) is 4.98 Å². The highest BCUT2D eigenvalue weighted by Crippen LogP contribution is 2.30. The number of ether oxygens (including phenoxy) is 1. The van der Waals surface area contributed by atoms with Crippen LogP contribution < -0.4 is 10.3 Å². The quantitative estimate of drug-likeness (QED) is 0.695. The minimum Gasteiger partial charge on any atom is -0.490 e. The Morgan fingerprint density at radius 3 is 2.86 bits per heavy atom. The normalized spacial score (nSPS) is 10.8. The molecule has 0 bridgehead atoms. The van der Waals surface area contributed by atoms with Crippen LogP contribution in [0.2, 0.25) is 0 Å². The molecule has 0 aliphatic rings. The molecule has 112 valence electrons. The van der Waals surface area contributed by atoms with Crippen molar-refractivity contribution in [3.05, 3.63) is 57.6 Å². The van der Waals surface area contributed by atoms with E-state index in [1.807, 2.05) is 31.2 Å². The minimum absolute atomic E-state index is 0.0449. The molecule has 0 amide bonds. The molecule has 0 unspecified atom stereocenters. The van der Waals surface area contributed by atoms with Gasteiger partial charge in [-0.05, 0) is 23.9 Å². The summed E-state index contributed by atoms with van der Waals surface area (Å²) in [6.07, 6.45) is 2.69. The average molecular weight is 314 g/mol. The second-order valence-corrected chi connectivity index (χ2v) is 5.92. The van der Waals surface area contributed by atoms with Crippen molar-refractivity contribution >= 4 is 27.2 Å². The van der Waals surface area contributed by atoms with E-state index >= 15 is 0 Å². The molecule has 22 heavy (non-hydrogen) atoms. The van der Waals surface area contributed by atoms with Gasteiger partial charge in [0.15, 0.2) is 5.78 Å². The summed E-state index contributed by atoms with van der Waals surface area (Å²) >= 11 is 1.45. The van der Waals surface area contributed by atoms with Crippen molar-refractivity contribution in [2.24, 2.45) is 0 Å². The zero-order valence-corrected chi connectivity index (χ0v) is 13.0. The van der Waals surface area contributed by atoms with Gasteiger partial charge in [-0.15, -0.1) is 11.3 Å². The lowest BCUT2D eigenvalue weighted by Crippen LogP contribution is -2.25. The molecule has 3 aromatic rings. The van der Waals surface area contributed by atoms with Crippen LogP contribution in [0.4, 0.5) is 0 Å². The van der Waals surface area contributed by atoms with E-state index in [0.29, 0.717) is 4.88 Å². The van der Waals surface area contributed by atoms with Crippen LogP contribution in [-0.2, 0) is 6.54 Å². The van der Waals surface area contributed by atoms with E-state index in [2.05, 4.69) is 4.98 Å². The number of Topliss-reactive ketones (excluding diaryl/α,β-unsaturated/α-hetero) is 1. The Bertz CT molecular complexity index is 911. The zero-order valence-electron chi connectivity index (χ0n) is 12.2. The predicted octanol–water partition coefficient (Wildman–Crippen LogP) is 2.66. The van der Waals surface area contributed by atoms with Crippen molar-refractivity contribution in [1.29, 1.82) is 0 Å². The zero-order chi connectivity index (χ0) is 15.7. The first-order chi connectivity index (χ1) is 10.6. The van der Waals surface area contributed by atoms with Crippen molar-refractivity contribution in [3.63, 3.8) is 0 Å². The van der Waals surface area contributed by atoms with Crippen LogP contribution >= 0.6 is 11.3 Å². The van der Waals surface area contributed by atoms with Gasteiger partial charge in [0.2, 0.25) is 5.75 Å². The number of carbonyl (C=O) groups is 1. The number of rotatable bonds is 4. The Balaban J connectivity index is 1.97. The molecular formula is C16H14N2O3S. The topological polar surface area (TPSA) is 61.2 Å². The second kappa shape index (κ2) is 5.73. The fourth-order valence-electron chi connectivity index (χ4n) is 2.35. The van der Waals surface area contributed by atoms with Gasteiger partial charge in [0.05, 0.1) is 31.1 Å². The van der Waals surface area contributed by atoms with Gasteiger partial charge in [-0.1, -0.05) is 18.2 Å². The lowest BCUT2D eigenvalue weighted by atomic mass is 10.1. The second-order valence-electron chi connectivity index (χ2n) is 4.87. The Morgan fingerprint density at radius 1 is 1.36 bits per heavy atom. The van der Waals surface area contributed by atoms with Crippen molar-refractivity contribution in [3.8, 4) is 5.75 Å². The number of methoxy groups -OCH3 is 1. The molecule has 3 rings (SSSR count). The molecule has 0 aliphatic carbocycles. The maximum Gasteiger partial charge on any atom is 0.296 e. The molecule has 0 N–H and O–H groups in total. The van der Waals surface area contributed by atoms with Crippen LogP contribution in [0.15, 0.2) is 41.6 Å². The molecule has 0 fully saturated rings. The Kier molecular flexibility index (Phi) is 3.77. The molecule has 2 aromatic heterocycles. The van der Waals surface area contributed by atoms with Crippen LogP contribution in [0.1, 0.15) is 15.2 Å². The Labute approximate surface area is 130 Å². The van der Waals surface area contributed by atoms with Gasteiger partial charge in [0, 0.05) is 4.70 Å². The van der Waals surface area contributed by atoms with E-state index < -0.39 is 0 Å². The number of hydrogen-bond donors (Lipinski definition) is 0. The molecule has 5 nitrogen and oxygen atoms in total. The summed E-state index contributed by atoms with van der Waals surface area (Å²) in [5, 5.41) is 1.08. The first kappa shape index (κ1) is 14.5. The third-order valence-electron chi connectivity index (χ3n) is 3.50. The number of aryl methyl sites for hydroxylation is 1. The molecule has 0 spiro atoms. The predicted molar refractivity (Wildman–Crippen MR) is 85.9 cm³/mol. The molecule has 0 saturated carbocycles. The van der Waals surface area contributed by atoms with Crippen molar-refractivity contribution in [2.45, 2.75) is 13.5 Å². The average Bonchev–Trinajstić information content (AvgIpc) is 2.87. The van der Waals surface area contributed by atoms with E-state index in [1.165, 1.54) is 35.5 Å². The standard InChI is InChI=1S/C16H14N2O3S/c1-10-11-5-3-4-6-14(11)22-15(10)12(19)8-18-9-17-7-13(21-2)16(18)20/h3-7,9H,8H2,1-2H3. The summed E-state index contributed by atoms with van der Waals surface area (Å²) in [6, 6.07) is 7.88. The number of ketones is 1. The number of hydrogen-bond acceptors (Lipinski definition) is 5. The maximum absolute atomic E-state index is 12.5. The fourth-order valence-corrected chi connectivity index (χ4v) is 3.49. The van der Waals surface area contributed by atoms with Crippen LogP contribution in [0.3, 0.4) is 0 Å². The molecule has 2 heterocycles. The fraction of sp³-hybridized carbons (Fsp3) is 0.188. The third kappa shape index (κ3) is 2.42. The summed E-state index contributed by atoms with van der Waals surface area (Å²) < 4.78 is 7.28. The highest BCUT2D eigenvalue weighted by atomic mass is 32.1. The summed E-state index contributed by atoms with van der Waals surface area (Å²) in [7, 11) is 1.40. The molecule has 0 atom stereocenters. The summed E-state index contributed by atoms with van der Waals surface area (Å²) in [4.78, 5) is 29.2. The maximum atomic E-state index is 12.5. The SMILES string of the molecule is COc1cncn(CC(=O)c2sc3ccccc3c2C)c1=O. The lowest BCUT2D eigenvalue weighted by molar-refractivity contribution is 0.0973. The highest BCUT2D eigenvalue weighted by molar-refractivity contribution is 7.21. The Hall–Kier alpha value is -2.47. The summed E-state index contributed by atoms with van der Waals surface area (Å²) in [6.45, 7) is 1.88. The van der Waals surface area contributed by atoms with Crippen molar-refractivity contribution in [2.75, 3.05) is 7.11 Å². The number of thiophene rings is 1.